The van der Waals surface area contributed by atoms with E-state index in [9.17, 15) is 18.4 Å². The molecule has 0 aliphatic rings. The highest BCUT2D eigenvalue weighted by atomic mass is 19.1. The van der Waals surface area contributed by atoms with E-state index in [1.165, 1.54) is 0 Å². The number of ketones is 1. The molecule has 0 spiro atoms. The second kappa shape index (κ2) is 5.25. The SMILES string of the molecule is CC(C)(C)C(=O)CNC(=O)c1cc(F)ccc1F. The van der Waals surface area contributed by atoms with Gasteiger partial charge in [0.2, 0.25) is 0 Å². The van der Waals surface area contributed by atoms with Crippen LogP contribution in [0.5, 0.6) is 0 Å². The zero-order valence-electron chi connectivity index (χ0n) is 10.5. The second-order valence-corrected chi connectivity index (χ2v) is 4.98. The van der Waals surface area contributed by atoms with E-state index in [2.05, 4.69) is 5.32 Å². The third kappa shape index (κ3) is 3.61. The Bertz CT molecular complexity index is 478. The highest BCUT2D eigenvalue weighted by Gasteiger charge is 2.22. The molecule has 0 heterocycles. The lowest BCUT2D eigenvalue weighted by Crippen LogP contribution is -2.35. The van der Waals surface area contributed by atoms with Crippen molar-refractivity contribution in [3.63, 3.8) is 0 Å². The minimum absolute atomic E-state index is 0.187. The van der Waals surface area contributed by atoms with Crippen LogP contribution in [-0.2, 0) is 4.79 Å². The Morgan fingerprint density at radius 2 is 1.83 bits per heavy atom. The summed E-state index contributed by atoms with van der Waals surface area (Å²) in [5, 5.41) is 2.28. The smallest absolute Gasteiger partial charge is 0.254 e. The van der Waals surface area contributed by atoms with Gasteiger partial charge in [0.05, 0.1) is 12.1 Å². The number of benzene rings is 1. The number of hydrogen-bond acceptors (Lipinski definition) is 2. The molecule has 18 heavy (non-hydrogen) atoms. The van der Waals surface area contributed by atoms with E-state index < -0.39 is 28.5 Å². The van der Waals surface area contributed by atoms with E-state index >= 15 is 0 Å². The maximum absolute atomic E-state index is 13.3. The fourth-order valence-electron chi connectivity index (χ4n) is 1.19. The third-order valence-electron chi connectivity index (χ3n) is 2.42. The summed E-state index contributed by atoms with van der Waals surface area (Å²) in [7, 11) is 0. The summed E-state index contributed by atoms with van der Waals surface area (Å²) < 4.78 is 26.1. The molecule has 0 radical (unpaired) electrons. The molecule has 0 unspecified atom stereocenters. The minimum Gasteiger partial charge on any atom is -0.345 e. The average molecular weight is 255 g/mol. The van der Waals surface area contributed by atoms with E-state index in [0.29, 0.717) is 0 Å². The van der Waals surface area contributed by atoms with Crippen molar-refractivity contribution in [2.24, 2.45) is 5.41 Å². The van der Waals surface area contributed by atoms with Crippen LogP contribution in [0.1, 0.15) is 31.1 Å². The number of carbonyl (C=O) groups excluding carboxylic acids is 2. The minimum atomic E-state index is -0.822. The number of halogens is 2. The molecule has 0 aliphatic heterocycles. The predicted octanol–water partition coefficient (Wildman–Crippen LogP) is 2.31. The first-order chi connectivity index (χ1) is 8.21. The fraction of sp³-hybridized carbons (Fsp3) is 0.385. The summed E-state index contributed by atoms with van der Waals surface area (Å²) in [6.07, 6.45) is 0. The molecule has 3 nitrogen and oxygen atoms in total. The van der Waals surface area contributed by atoms with Gasteiger partial charge in [-0.15, -0.1) is 0 Å². The van der Waals surface area contributed by atoms with Crippen LogP contribution in [0.3, 0.4) is 0 Å². The van der Waals surface area contributed by atoms with Gasteiger partial charge >= 0.3 is 0 Å². The number of hydrogen-bond donors (Lipinski definition) is 1. The number of nitrogens with one attached hydrogen (secondary N) is 1. The Balaban J connectivity index is 2.72. The van der Waals surface area contributed by atoms with Gasteiger partial charge in [0.1, 0.15) is 11.6 Å². The van der Waals surface area contributed by atoms with Crippen LogP contribution in [0.25, 0.3) is 0 Å². The van der Waals surface area contributed by atoms with Crippen LogP contribution in [0.15, 0.2) is 18.2 Å². The van der Waals surface area contributed by atoms with Gasteiger partial charge in [-0.2, -0.15) is 0 Å². The zero-order chi connectivity index (χ0) is 13.9. The van der Waals surface area contributed by atoms with Crippen LogP contribution >= 0.6 is 0 Å². The zero-order valence-corrected chi connectivity index (χ0v) is 10.5. The number of rotatable bonds is 3. The maximum Gasteiger partial charge on any atom is 0.254 e. The highest BCUT2D eigenvalue weighted by Crippen LogP contribution is 2.14. The van der Waals surface area contributed by atoms with Crippen molar-refractivity contribution < 1.29 is 18.4 Å². The first kappa shape index (κ1) is 14.3. The number of carbonyl (C=O) groups is 2. The van der Waals surface area contributed by atoms with Gasteiger partial charge in [0, 0.05) is 5.41 Å². The van der Waals surface area contributed by atoms with Crippen LogP contribution in [0.2, 0.25) is 0 Å². The van der Waals surface area contributed by atoms with Gasteiger partial charge in [-0.1, -0.05) is 20.8 Å². The molecule has 0 aliphatic carbocycles. The molecule has 1 amide bonds. The Kier molecular flexibility index (Phi) is 4.16. The summed E-state index contributed by atoms with van der Waals surface area (Å²) >= 11 is 0. The van der Waals surface area contributed by atoms with Crippen molar-refractivity contribution in [2.75, 3.05) is 6.54 Å². The number of amides is 1. The summed E-state index contributed by atoms with van der Waals surface area (Å²) in [5.41, 5.74) is -0.995. The second-order valence-electron chi connectivity index (χ2n) is 4.98. The standard InChI is InChI=1S/C13H15F2NO2/c1-13(2,3)11(17)7-16-12(18)9-6-8(14)4-5-10(9)15/h4-6H,7H2,1-3H3,(H,16,18). The largest absolute Gasteiger partial charge is 0.345 e. The molecular formula is C13H15F2NO2. The fourth-order valence-corrected chi connectivity index (χ4v) is 1.19. The maximum atomic E-state index is 13.3. The van der Waals surface area contributed by atoms with Gasteiger partial charge in [0.15, 0.2) is 5.78 Å². The van der Waals surface area contributed by atoms with Crippen molar-refractivity contribution in [1.29, 1.82) is 0 Å². The molecule has 0 saturated heterocycles. The Labute approximate surface area is 104 Å². The van der Waals surface area contributed by atoms with Crippen LogP contribution in [0, 0.1) is 17.0 Å². The molecule has 1 rings (SSSR count). The van der Waals surface area contributed by atoms with Gasteiger partial charge in [0.25, 0.3) is 5.91 Å². The summed E-state index contributed by atoms with van der Waals surface area (Å²) in [4.78, 5) is 23.1. The molecule has 98 valence electrons. The predicted molar refractivity (Wildman–Crippen MR) is 63.2 cm³/mol. The molecule has 0 bridgehead atoms. The molecule has 1 aromatic carbocycles. The Morgan fingerprint density at radius 3 is 2.39 bits per heavy atom. The summed E-state index contributed by atoms with van der Waals surface area (Å²) in [6, 6.07) is 2.59. The highest BCUT2D eigenvalue weighted by molar-refractivity contribution is 5.97. The summed E-state index contributed by atoms with van der Waals surface area (Å²) in [5.74, 6) is -2.52. The van der Waals surface area contributed by atoms with Crippen LogP contribution < -0.4 is 5.32 Å². The van der Waals surface area contributed by atoms with Crippen LogP contribution in [0.4, 0.5) is 8.78 Å². The van der Waals surface area contributed by atoms with E-state index in [1.54, 1.807) is 20.8 Å². The lowest BCUT2D eigenvalue weighted by molar-refractivity contribution is -0.125. The van der Waals surface area contributed by atoms with Crippen molar-refractivity contribution in [3.05, 3.63) is 35.4 Å². The molecule has 0 fully saturated rings. The molecule has 0 atom stereocenters. The lowest BCUT2D eigenvalue weighted by Gasteiger charge is -2.16. The first-order valence-corrected chi connectivity index (χ1v) is 5.48. The van der Waals surface area contributed by atoms with E-state index in [0.717, 1.165) is 18.2 Å². The normalized spacial score (nSPS) is 11.2. The van der Waals surface area contributed by atoms with Crippen molar-refractivity contribution in [1.82, 2.24) is 5.32 Å². The molecule has 1 aromatic rings. The topological polar surface area (TPSA) is 46.2 Å². The third-order valence-corrected chi connectivity index (χ3v) is 2.42. The number of Topliss-reactive ketones (excluding diaryl/α,β-unsaturated/α-hetero) is 1. The van der Waals surface area contributed by atoms with Gasteiger partial charge in [-0.05, 0) is 18.2 Å². The monoisotopic (exact) mass is 255 g/mol. The van der Waals surface area contributed by atoms with Crippen molar-refractivity contribution in [3.8, 4) is 0 Å². The molecule has 0 aromatic heterocycles. The lowest BCUT2D eigenvalue weighted by atomic mass is 9.91. The van der Waals surface area contributed by atoms with Gasteiger partial charge in [-0.3, -0.25) is 9.59 Å². The Morgan fingerprint density at radius 1 is 1.22 bits per heavy atom. The first-order valence-electron chi connectivity index (χ1n) is 5.48. The summed E-state index contributed by atoms with van der Waals surface area (Å²) in [6.45, 7) is 4.93. The molecule has 1 N–H and O–H groups in total. The van der Waals surface area contributed by atoms with Crippen molar-refractivity contribution >= 4 is 11.7 Å². The molecular weight excluding hydrogens is 240 g/mol. The molecule has 0 saturated carbocycles. The Hall–Kier alpha value is -1.78. The molecule has 5 heteroatoms. The van der Waals surface area contributed by atoms with Gasteiger partial charge in [-0.25, -0.2) is 8.78 Å². The van der Waals surface area contributed by atoms with Crippen LogP contribution in [-0.4, -0.2) is 18.2 Å². The quantitative estimate of drug-likeness (QED) is 0.900. The van der Waals surface area contributed by atoms with E-state index in [1.807, 2.05) is 0 Å². The van der Waals surface area contributed by atoms with E-state index in [-0.39, 0.29) is 12.3 Å². The average Bonchev–Trinajstić information content (AvgIpc) is 2.27. The van der Waals surface area contributed by atoms with Crippen molar-refractivity contribution in [2.45, 2.75) is 20.8 Å². The van der Waals surface area contributed by atoms with E-state index in [4.69, 9.17) is 0 Å². The van der Waals surface area contributed by atoms with Gasteiger partial charge < -0.3 is 5.32 Å².